The Kier molecular flexibility index (Phi) is 7.71. The molecule has 8 nitrogen and oxygen atoms in total. The standard InChI is InChI=1S/C30H32N4O4S3/c1-19(35)34-17-16-23-26(18-34)40-30(27(23)29-31-24-10-6-7-11-25(24)39-29)32-28(36)20-12-14-22(15-13-20)41(37,38)33(2)21-8-4-3-5-9-21/h6-7,10-15,21H,3-5,8-9,16-18H2,1-2H3,(H,32,36). The van der Waals surface area contributed by atoms with E-state index in [2.05, 4.69) is 5.32 Å². The summed E-state index contributed by atoms with van der Waals surface area (Å²) in [6.07, 6.45) is 5.68. The SMILES string of the molecule is CC(=O)N1CCc2c(sc(NC(=O)c3ccc(S(=O)(=O)N(C)C4CCCCC4)cc3)c2-c2nc3ccccc3s2)C1. The number of carbonyl (C=O) groups excluding carboxylic acids is 2. The minimum absolute atomic E-state index is 0.0152. The second-order valence-electron chi connectivity index (χ2n) is 10.7. The van der Waals surface area contributed by atoms with Crippen molar-refractivity contribution in [2.45, 2.75) is 62.9 Å². The fourth-order valence-electron chi connectivity index (χ4n) is 5.73. The van der Waals surface area contributed by atoms with Crippen molar-refractivity contribution in [3.05, 3.63) is 64.5 Å². The molecule has 3 heterocycles. The van der Waals surface area contributed by atoms with Crippen molar-refractivity contribution in [1.82, 2.24) is 14.2 Å². The average Bonchev–Trinajstić information content (AvgIpc) is 3.57. The lowest BCUT2D eigenvalue weighted by Crippen LogP contribution is -2.38. The molecule has 1 fully saturated rings. The van der Waals surface area contributed by atoms with Gasteiger partial charge in [-0.15, -0.1) is 22.7 Å². The second kappa shape index (κ2) is 11.3. The largest absolute Gasteiger partial charge is 0.337 e. The zero-order valence-electron chi connectivity index (χ0n) is 23.1. The molecule has 2 aromatic carbocycles. The summed E-state index contributed by atoms with van der Waals surface area (Å²) in [6, 6.07) is 14.1. The number of nitrogens with zero attached hydrogens (tertiary/aromatic N) is 3. The van der Waals surface area contributed by atoms with Crippen molar-refractivity contribution in [3.8, 4) is 10.6 Å². The molecule has 2 aromatic heterocycles. The molecule has 0 bridgehead atoms. The van der Waals surface area contributed by atoms with E-state index in [0.717, 1.165) is 63.3 Å². The van der Waals surface area contributed by atoms with Crippen molar-refractivity contribution in [2.24, 2.45) is 0 Å². The van der Waals surface area contributed by atoms with Crippen LogP contribution in [0.1, 0.15) is 59.8 Å². The molecule has 1 saturated carbocycles. The van der Waals surface area contributed by atoms with E-state index in [0.29, 0.717) is 30.1 Å². The molecule has 1 aliphatic carbocycles. The van der Waals surface area contributed by atoms with E-state index in [1.807, 2.05) is 29.2 Å². The quantitative estimate of drug-likeness (QED) is 0.284. The Morgan fingerprint density at radius 1 is 1.02 bits per heavy atom. The predicted octanol–water partition coefficient (Wildman–Crippen LogP) is 6.13. The third kappa shape index (κ3) is 5.43. The maximum absolute atomic E-state index is 13.5. The number of anilines is 1. The molecule has 0 radical (unpaired) electrons. The normalized spacial score (nSPS) is 16.2. The van der Waals surface area contributed by atoms with Crippen molar-refractivity contribution in [3.63, 3.8) is 0 Å². The maximum atomic E-state index is 13.5. The van der Waals surface area contributed by atoms with Gasteiger partial charge < -0.3 is 10.2 Å². The van der Waals surface area contributed by atoms with Crippen LogP contribution in [0.2, 0.25) is 0 Å². The number of carbonyl (C=O) groups is 2. The molecule has 2 aliphatic rings. The summed E-state index contributed by atoms with van der Waals surface area (Å²) in [4.78, 5) is 33.5. The van der Waals surface area contributed by atoms with E-state index < -0.39 is 10.0 Å². The van der Waals surface area contributed by atoms with Gasteiger partial charge in [-0.2, -0.15) is 4.31 Å². The van der Waals surface area contributed by atoms with Crippen molar-refractivity contribution in [2.75, 3.05) is 18.9 Å². The number of thiophene rings is 1. The molecular formula is C30H32N4O4S3. The van der Waals surface area contributed by atoms with E-state index in [-0.39, 0.29) is 22.8 Å². The first-order valence-corrected chi connectivity index (χ1v) is 16.9. The molecule has 214 valence electrons. The first-order chi connectivity index (χ1) is 19.7. The minimum atomic E-state index is -3.65. The first-order valence-electron chi connectivity index (χ1n) is 13.9. The van der Waals surface area contributed by atoms with Crippen molar-refractivity contribution >= 4 is 59.7 Å². The number of aromatic nitrogens is 1. The second-order valence-corrected chi connectivity index (χ2v) is 14.8. The van der Waals surface area contributed by atoms with Gasteiger partial charge in [0.25, 0.3) is 5.91 Å². The molecule has 41 heavy (non-hydrogen) atoms. The first kappa shape index (κ1) is 28.0. The van der Waals surface area contributed by atoms with Gasteiger partial charge in [-0.3, -0.25) is 9.59 Å². The number of nitrogens with one attached hydrogen (secondary N) is 1. The molecule has 6 rings (SSSR count). The van der Waals surface area contributed by atoms with E-state index in [1.54, 1.807) is 37.4 Å². The van der Waals surface area contributed by atoms with Gasteiger partial charge in [0.1, 0.15) is 10.0 Å². The maximum Gasteiger partial charge on any atom is 0.256 e. The zero-order chi connectivity index (χ0) is 28.7. The fraction of sp³-hybridized carbons (Fsp3) is 0.367. The third-order valence-electron chi connectivity index (χ3n) is 8.12. The number of thiazole rings is 1. The summed E-state index contributed by atoms with van der Waals surface area (Å²) in [5.41, 5.74) is 3.31. The Balaban J connectivity index is 1.28. The van der Waals surface area contributed by atoms with Crippen LogP contribution in [-0.4, -0.2) is 54.1 Å². The summed E-state index contributed by atoms with van der Waals surface area (Å²) >= 11 is 3.06. The van der Waals surface area contributed by atoms with Gasteiger partial charge in [0, 0.05) is 42.6 Å². The van der Waals surface area contributed by atoms with Crippen LogP contribution < -0.4 is 5.32 Å². The van der Waals surface area contributed by atoms with Crippen LogP contribution in [0.4, 0.5) is 5.00 Å². The number of hydrogen-bond acceptors (Lipinski definition) is 7. The highest BCUT2D eigenvalue weighted by atomic mass is 32.2. The summed E-state index contributed by atoms with van der Waals surface area (Å²) in [5.74, 6) is -0.292. The van der Waals surface area contributed by atoms with Gasteiger partial charge in [-0.1, -0.05) is 31.4 Å². The van der Waals surface area contributed by atoms with Gasteiger partial charge >= 0.3 is 0 Å². The zero-order valence-corrected chi connectivity index (χ0v) is 25.5. The molecule has 0 unspecified atom stereocenters. The number of para-hydroxylation sites is 1. The van der Waals surface area contributed by atoms with Crippen LogP contribution in [-0.2, 0) is 27.8 Å². The Morgan fingerprint density at radius 3 is 2.46 bits per heavy atom. The molecular weight excluding hydrogens is 577 g/mol. The highest BCUT2D eigenvalue weighted by molar-refractivity contribution is 7.89. The van der Waals surface area contributed by atoms with Crippen molar-refractivity contribution in [1.29, 1.82) is 0 Å². The molecule has 2 amide bonds. The summed E-state index contributed by atoms with van der Waals surface area (Å²) < 4.78 is 29.1. The molecule has 4 aromatic rings. The fourth-order valence-corrected chi connectivity index (χ4v) is 9.51. The number of fused-ring (bicyclic) bond motifs is 2. The molecule has 0 spiro atoms. The topological polar surface area (TPSA) is 99.7 Å². The number of hydrogen-bond donors (Lipinski definition) is 1. The Bertz CT molecular complexity index is 1690. The lowest BCUT2D eigenvalue weighted by molar-refractivity contribution is -0.129. The summed E-state index contributed by atoms with van der Waals surface area (Å²) in [5, 5.41) is 4.61. The van der Waals surface area contributed by atoms with Crippen LogP contribution in [0.5, 0.6) is 0 Å². The monoisotopic (exact) mass is 608 g/mol. The highest BCUT2D eigenvalue weighted by Crippen LogP contribution is 2.46. The predicted molar refractivity (Wildman–Crippen MR) is 164 cm³/mol. The van der Waals surface area contributed by atoms with E-state index in [4.69, 9.17) is 4.98 Å². The lowest BCUT2D eigenvalue weighted by atomic mass is 9.96. The summed E-state index contributed by atoms with van der Waals surface area (Å²) in [7, 11) is -1.99. The smallest absolute Gasteiger partial charge is 0.256 e. The third-order valence-corrected chi connectivity index (χ3v) is 12.2. The van der Waals surface area contributed by atoms with Crippen LogP contribution in [0.15, 0.2) is 53.4 Å². The van der Waals surface area contributed by atoms with Crippen LogP contribution in [0.3, 0.4) is 0 Å². The Hall–Kier alpha value is -3.12. The number of sulfonamides is 1. The number of rotatable bonds is 6. The van der Waals surface area contributed by atoms with Crippen LogP contribution >= 0.6 is 22.7 Å². The van der Waals surface area contributed by atoms with E-state index in [1.165, 1.54) is 27.8 Å². The van der Waals surface area contributed by atoms with E-state index in [9.17, 15) is 18.0 Å². The van der Waals surface area contributed by atoms with Crippen LogP contribution in [0.25, 0.3) is 20.8 Å². The number of benzene rings is 2. The molecule has 0 atom stereocenters. The molecule has 0 saturated heterocycles. The van der Waals surface area contributed by atoms with Gasteiger partial charge in [0.05, 0.1) is 21.7 Å². The van der Waals surface area contributed by atoms with Gasteiger partial charge in [0.15, 0.2) is 0 Å². The van der Waals surface area contributed by atoms with Crippen molar-refractivity contribution < 1.29 is 18.0 Å². The average molecular weight is 609 g/mol. The van der Waals surface area contributed by atoms with Gasteiger partial charge in [-0.25, -0.2) is 13.4 Å². The molecule has 1 N–H and O–H groups in total. The number of amides is 2. The van der Waals surface area contributed by atoms with Gasteiger partial charge in [0.2, 0.25) is 15.9 Å². The highest BCUT2D eigenvalue weighted by Gasteiger charge is 2.30. The minimum Gasteiger partial charge on any atom is -0.337 e. The van der Waals surface area contributed by atoms with E-state index >= 15 is 0 Å². The van der Waals surface area contributed by atoms with Crippen LogP contribution in [0, 0.1) is 0 Å². The summed E-state index contributed by atoms with van der Waals surface area (Å²) in [6.45, 7) is 2.70. The lowest BCUT2D eigenvalue weighted by Gasteiger charge is -2.30. The molecule has 11 heteroatoms. The Labute approximate surface area is 248 Å². The Morgan fingerprint density at radius 2 is 1.76 bits per heavy atom. The van der Waals surface area contributed by atoms with Gasteiger partial charge in [-0.05, 0) is 61.2 Å². The molecule has 1 aliphatic heterocycles.